The Labute approximate surface area is 170 Å². The van der Waals surface area contributed by atoms with Crippen molar-refractivity contribution in [3.63, 3.8) is 0 Å². The van der Waals surface area contributed by atoms with Gasteiger partial charge in [-0.25, -0.2) is 0 Å². The van der Waals surface area contributed by atoms with E-state index in [0.29, 0.717) is 12.2 Å². The van der Waals surface area contributed by atoms with E-state index in [9.17, 15) is 19.2 Å². The van der Waals surface area contributed by atoms with Gasteiger partial charge in [-0.3, -0.25) is 19.2 Å². The van der Waals surface area contributed by atoms with Gasteiger partial charge in [-0.2, -0.15) is 11.8 Å². The van der Waals surface area contributed by atoms with E-state index < -0.39 is 47.9 Å². The van der Waals surface area contributed by atoms with Crippen LogP contribution in [0.25, 0.3) is 0 Å². The highest BCUT2D eigenvalue weighted by Gasteiger charge is 2.31. The molecule has 0 aliphatic heterocycles. The molecule has 0 aliphatic rings. The summed E-state index contributed by atoms with van der Waals surface area (Å²) in [5.41, 5.74) is 5.85. The molecule has 28 heavy (non-hydrogen) atoms. The van der Waals surface area contributed by atoms with E-state index >= 15 is 0 Å². The Morgan fingerprint density at radius 2 is 1.46 bits per heavy atom. The maximum absolute atomic E-state index is 12.7. The Morgan fingerprint density at radius 1 is 0.893 bits per heavy atom. The minimum atomic E-state index is -1.17. The molecular formula is C18H34N4O5S. The number of nitrogens with two attached hydrogens (primary N) is 1. The van der Waals surface area contributed by atoms with Crippen LogP contribution in [0.3, 0.4) is 0 Å². The van der Waals surface area contributed by atoms with Crippen LogP contribution in [0.4, 0.5) is 0 Å². The van der Waals surface area contributed by atoms with Crippen LogP contribution in [0.2, 0.25) is 0 Å². The Morgan fingerprint density at radius 3 is 1.89 bits per heavy atom. The Kier molecular flexibility index (Phi) is 11.8. The van der Waals surface area contributed by atoms with Crippen molar-refractivity contribution in [1.82, 2.24) is 16.0 Å². The first-order valence-corrected chi connectivity index (χ1v) is 10.7. The molecule has 0 bridgehead atoms. The fourth-order valence-electron chi connectivity index (χ4n) is 2.23. The van der Waals surface area contributed by atoms with Crippen molar-refractivity contribution in [3.8, 4) is 0 Å². The third-order valence-corrected chi connectivity index (χ3v) is 4.88. The maximum Gasteiger partial charge on any atom is 0.325 e. The molecule has 0 radical (unpaired) electrons. The molecule has 0 fully saturated rings. The van der Waals surface area contributed by atoms with Crippen LogP contribution in [0.5, 0.6) is 0 Å². The molecule has 0 spiro atoms. The van der Waals surface area contributed by atoms with Gasteiger partial charge in [-0.15, -0.1) is 0 Å². The van der Waals surface area contributed by atoms with Gasteiger partial charge in [0.25, 0.3) is 0 Å². The van der Waals surface area contributed by atoms with Crippen molar-refractivity contribution in [1.29, 1.82) is 0 Å². The van der Waals surface area contributed by atoms with Gasteiger partial charge in [0.1, 0.15) is 18.1 Å². The van der Waals surface area contributed by atoms with E-state index in [1.807, 2.05) is 20.1 Å². The molecular weight excluding hydrogens is 384 g/mol. The largest absolute Gasteiger partial charge is 0.480 e. The second kappa shape index (κ2) is 12.6. The molecule has 9 nitrogen and oxygen atoms in total. The molecule has 0 saturated carbocycles. The summed E-state index contributed by atoms with van der Waals surface area (Å²) in [5, 5.41) is 16.6. The van der Waals surface area contributed by atoms with Crippen molar-refractivity contribution >= 4 is 35.5 Å². The van der Waals surface area contributed by atoms with Gasteiger partial charge in [0.2, 0.25) is 17.7 Å². The van der Waals surface area contributed by atoms with E-state index in [-0.39, 0.29) is 11.8 Å². The zero-order valence-electron chi connectivity index (χ0n) is 17.4. The zero-order valence-corrected chi connectivity index (χ0v) is 18.3. The number of aliphatic carboxylic acids is 1. The van der Waals surface area contributed by atoms with E-state index in [4.69, 9.17) is 10.8 Å². The van der Waals surface area contributed by atoms with Crippen molar-refractivity contribution < 1.29 is 24.3 Å². The highest BCUT2D eigenvalue weighted by molar-refractivity contribution is 7.98. The number of nitrogens with one attached hydrogen (secondary N) is 3. The maximum atomic E-state index is 12.7. The highest BCUT2D eigenvalue weighted by atomic mass is 32.2. The van der Waals surface area contributed by atoms with Crippen LogP contribution in [-0.2, 0) is 19.2 Å². The molecule has 0 saturated heterocycles. The van der Waals surface area contributed by atoms with E-state index in [0.717, 1.165) is 0 Å². The molecule has 0 heterocycles. The molecule has 10 heteroatoms. The number of amides is 3. The molecule has 162 valence electrons. The molecule has 0 aromatic carbocycles. The summed E-state index contributed by atoms with van der Waals surface area (Å²) in [6, 6.07) is -3.59. The summed E-state index contributed by atoms with van der Waals surface area (Å²) in [5.74, 6) is -2.43. The first-order chi connectivity index (χ1) is 12.9. The predicted molar refractivity (Wildman–Crippen MR) is 110 cm³/mol. The molecule has 0 aromatic rings. The number of hydrogen-bond acceptors (Lipinski definition) is 6. The third kappa shape index (κ3) is 8.92. The third-order valence-electron chi connectivity index (χ3n) is 4.24. The van der Waals surface area contributed by atoms with Gasteiger partial charge >= 0.3 is 5.97 Å². The fourth-order valence-corrected chi connectivity index (χ4v) is 2.70. The lowest BCUT2D eigenvalue weighted by molar-refractivity contribution is -0.142. The Hall–Kier alpha value is -1.81. The quantitative estimate of drug-likeness (QED) is 0.298. The molecule has 4 unspecified atom stereocenters. The summed E-state index contributed by atoms with van der Waals surface area (Å²) in [7, 11) is 0. The molecule has 0 rings (SSSR count). The van der Waals surface area contributed by atoms with Crippen LogP contribution in [0.1, 0.15) is 41.0 Å². The van der Waals surface area contributed by atoms with E-state index in [1.54, 1.807) is 13.8 Å². The standard InChI is InChI=1S/C18H34N4O5S/c1-9(2)13(19)16(24)21-12(7-8-28-6)15(23)22-14(10(3)4)17(25)20-11(5)18(26)27/h9-14H,7-8,19H2,1-6H3,(H,20,25)(H,21,24)(H,22,23)(H,26,27). The SMILES string of the molecule is CSCCC(NC(=O)C(N)C(C)C)C(=O)NC(C(=O)NC(C)C(=O)O)C(C)C. The number of carboxylic acids is 1. The van der Waals surface area contributed by atoms with Crippen LogP contribution >= 0.6 is 11.8 Å². The second-order valence-electron chi connectivity index (χ2n) is 7.41. The summed E-state index contributed by atoms with van der Waals surface area (Å²) >= 11 is 1.53. The van der Waals surface area contributed by atoms with Crippen LogP contribution < -0.4 is 21.7 Å². The zero-order chi connectivity index (χ0) is 22.0. The molecule has 6 N–H and O–H groups in total. The highest BCUT2D eigenvalue weighted by Crippen LogP contribution is 2.07. The van der Waals surface area contributed by atoms with Crippen LogP contribution in [0, 0.1) is 11.8 Å². The van der Waals surface area contributed by atoms with Gasteiger partial charge in [0.15, 0.2) is 0 Å². The summed E-state index contributed by atoms with van der Waals surface area (Å²) in [6.07, 6.45) is 2.26. The average Bonchev–Trinajstić information content (AvgIpc) is 2.61. The van der Waals surface area contributed by atoms with Crippen LogP contribution in [0.15, 0.2) is 0 Å². The molecule has 3 amide bonds. The van der Waals surface area contributed by atoms with Crippen molar-refractivity contribution in [2.45, 2.75) is 65.2 Å². The lowest BCUT2D eigenvalue weighted by atomic mass is 10.0. The number of carboxylic acid groups (broad SMARTS) is 1. The van der Waals surface area contributed by atoms with Gasteiger partial charge < -0.3 is 26.8 Å². The summed E-state index contributed by atoms with van der Waals surface area (Å²) in [4.78, 5) is 48.4. The van der Waals surface area contributed by atoms with Gasteiger partial charge in [-0.1, -0.05) is 27.7 Å². The van der Waals surface area contributed by atoms with Crippen LogP contribution in [-0.4, -0.2) is 65.0 Å². The minimum absolute atomic E-state index is 0.0871. The van der Waals surface area contributed by atoms with Crippen molar-refractivity contribution in [2.75, 3.05) is 12.0 Å². The monoisotopic (exact) mass is 418 g/mol. The van der Waals surface area contributed by atoms with Gasteiger partial charge in [-0.05, 0) is 37.2 Å². The van der Waals surface area contributed by atoms with E-state index in [2.05, 4.69) is 16.0 Å². The number of hydrogen-bond donors (Lipinski definition) is 5. The van der Waals surface area contributed by atoms with Gasteiger partial charge in [0, 0.05) is 0 Å². The van der Waals surface area contributed by atoms with E-state index in [1.165, 1.54) is 18.7 Å². The van der Waals surface area contributed by atoms with Gasteiger partial charge in [0.05, 0.1) is 6.04 Å². The molecule has 4 atom stereocenters. The Bertz CT molecular complexity index is 556. The smallest absolute Gasteiger partial charge is 0.325 e. The predicted octanol–water partition coefficient (Wildman–Crippen LogP) is -0.0623. The molecule has 0 aliphatic carbocycles. The second-order valence-corrected chi connectivity index (χ2v) is 8.40. The fraction of sp³-hybridized carbons (Fsp3) is 0.778. The lowest BCUT2D eigenvalue weighted by Crippen LogP contribution is -2.58. The number of carbonyl (C=O) groups excluding carboxylic acids is 3. The minimum Gasteiger partial charge on any atom is -0.480 e. The summed E-state index contributed by atoms with van der Waals surface area (Å²) in [6.45, 7) is 8.43. The number of rotatable bonds is 12. The molecule has 0 aromatic heterocycles. The lowest BCUT2D eigenvalue weighted by Gasteiger charge is -2.27. The average molecular weight is 419 g/mol. The summed E-state index contributed by atoms with van der Waals surface area (Å²) < 4.78 is 0. The normalized spacial score (nSPS) is 15.5. The topological polar surface area (TPSA) is 151 Å². The first kappa shape index (κ1) is 26.2. The number of thioether (sulfide) groups is 1. The van der Waals surface area contributed by atoms with Crippen molar-refractivity contribution in [2.24, 2.45) is 17.6 Å². The Balaban J connectivity index is 5.23. The first-order valence-electron chi connectivity index (χ1n) is 9.30. The van der Waals surface area contributed by atoms with Crippen molar-refractivity contribution in [3.05, 3.63) is 0 Å². The number of carbonyl (C=O) groups is 4.